The van der Waals surface area contributed by atoms with Crippen molar-refractivity contribution in [3.8, 4) is 6.07 Å². The monoisotopic (exact) mass is 278 g/mol. The molecule has 1 rings (SSSR count). The molecule has 1 unspecified atom stereocenters. The maximum Gasteiger partial charge on any atom is 0.312 e. The Labute approximate surface area is 115 Å². The largest absolute Gasteiger partial charge is 0.481 e. The molecule has 0 radical (unpaired) electrons. The zero-order chi connectivity index (χ0) is 15.1. The fourth-order valence-corrected chi connectivity index (χ4v) is 1.67. The van der Waals surface area contributed by atoms with Gasteiger partial charge in [-0.25, -0.2) is 4.98 Å². The van der Waals surface area contributed by atoms with E-state index in [-0.39, 0.29) is 23.6 Å². The quantitative estimate of drug-likeness (QED) is 0.574. The Morgan fingerprint density at radius 1 is 1.70 bits per heavy atom. The second-order valence-corrected chi connectivity index (χ2v) is 4.17. The highest BCUT2D eigenvalue weighted by Gasteiger charge is 2.20. The zero-order valence-corrected chi connectivity index (χ0v) is 10.9. The summed E-state index contributed by atoms with van der Waals surface area (Å²) in [7, 11) is 0. The summed E-state index contributed by atoms with van der Waals surface area (Å²) in [6.07, 6.45) is 2.36. The molecule has 0 amide bonds. The zero-order valence-electron chi connectivity index (χ0n) is 10.9. The van der Waals surface area contributed by atoms with Crippen molar-refractivity contribution in [2.75, 3.05) is 11.9 Å². The molecule has 0 aromatic carbocycles. The minimum Gasteiger partial charge on any atom is -0.481 e. The van der Waals surface area contributed by atoms with E-state index in [1.54, 1.807) is 6.07 Å². The van der Waals surface area contributed by atoms with Crippen LogP contribution in [0.15, 0.2) is 12.3 Å². The summed E-state index contributed by atoms with van der Waals surface area (Å²) < 4.78 is 0. The minimum absolute atomic E-state index is 0.0312. The predicted octanol–water partition coefficient (Wildman–Crippen LogP) is 1.77. The van der Waals surface area contributed by atoms with E-state index in [9.17, 15) is 14.9 Å². The van der Waals surface area contributed by atoms with Gasteiger partial charge in [0.2, 0.25) is 5.82 Å². The van der Waals surface area contributed by atoms with E-state index >= 15 is 0 Å². The number of hydrogen-bond donors (Lipinski definition) is 2. The highest BCUT2D eigenvalue weighted by atomic mass is 16.6. The lowest BCUT2D eigenvalue weighted by Gasteiger charge is -2.12. The van der Waals surface area contributed by atoms with Crippen molar-refractivity contribution in [1.29, 1.82) is 5.26 Å². The molecule has 1 atom stereocenters. The van der Waals surface area contributed by atoms with Crippen LogP contribution in [-0.2, 0) is 4.79 Å². The number of aromatic nitrogens is 1. The Morgan fingerprint density at radius 3 is 2.90 bits per heavy atom. The van der Waals surface area contributed by atoms with Crippen LogP contribution in [0.5, 0.6) is 0 Å². The third-order valence-corrected chi connectivity index (χ3v) is 2.70. The molecule has 0 aliphatic carbocycles. The van der Waals surface area contributed by atoms with Gasteiger partial charge in [-0.05, 0) is 6.42 Å². The SMILES string of the molecule is CCCC(CNc1ncc(C#N)cc1[N+](=O)[O-])C(=O)O. The van der Waals surface area contributed by atoms with Gasteiger partial charge in [-0.15, -0.1) is 0 Å². The first-order valence-corrected chi connectivity index (χ1v) is 6.00. The summed E-state index contributed by atoms with van der Waals surface area (Å²) in [5.41, 5.74) is -0.268. The number of nitro groups is 1. The van der Waals surface area contributed by atoms with Gasteiger partial charge in [0.15, 0.2) is 0 Å². The van der Waals surface area contributed by atoms with Crippen LogP contribution in [0.1, 0.15) is 25.3 Å². The van der Waals surface area contributed by atoms with Gasteiger partial charge < -0.3 is 10.4 Å². The van der Waals surface area contributed by atoms with Crippen molar-refractivity contribution in [2.45, 2.75) is 19.8 Å². The highest BCUT2D eigenvalue weighted by Crippen LogP contribution is 2.23. The third-order valence-electron chi connectivity index (χ3n) is 2.70. The van der Waals surface area contributed by atoms with Gasteiger partial charge in [0, 0.05) is 18.8 Å². The van der Waals surface area contributed by atoms with Gasteiger partial charge in [-0.3, -0.25) is 14.9 Å². The number of rotatable bonds is 7. The molecule has 1 aromatic heterocycles. The summed E-state index contributed by atoms with van der Waals surface area (Å²) in [6, 6.07) is 2.87. The molecule has 106 valence electrons. The van der Waals surface area contributed by atoms with E-state index in [1.807, 2.05) is 6.92 Å². The Bertz CT molecular complexity index is 553. The molecule has 0 saturated carbocycles. The molecule has 0 fully saturated rings. The van der Waals surface area contributed by atoms with Gasteiger partial charge in [0.05, 0.1) is 16.4 Å². The number of pyridine rings is 1. The summed E-state index contributed by atoms with van der Waals surface area (Å²) in [4.78, 5) is 25.0. The summed E-state index contributed by atoms with van der Waals surface area (Å²) in [6.45, 7) is 1.90. The van der Waals surface area contributed by atoms with E-state index < -0.39 is 16.8 Å². The average Bonchev–Trinajstić information content (AvgIpc) is 2.42. The van der Waals surface area contributed by atoms with Crippen LogP contribution in [0.2, 0.25) is 0 Å². The second-order valence-electron chi connectivity index (χ2n) is 4.17. The van der Waals surface area contributed by atoms with Crippen LogP contribution in [-0.4, -0.2) is 27.5 Å². The molecule has 0 spiro atoms. The molecule has 0 aliphatic rings. The van der Waals surface area contributed by atoms with Crippen LogP contribution in [0.4, 0.5) is 11.5 Å². The predicted molar refractivity (Wildman–Crippen MR) is 70.1 cm³/mol. The average molecular weight is 278 g/mol. The standard InChI is InChI=1S/C12H14N4O4/c1-2-3-9(12(17)18)7-15-11-10(16(19)20)4-8(5-13)6-14-11/h4,6,9H,2-3,7H2,1H3,(H,14,15)(H,17,18). The number of carboxylic acids is 1. The molecule has 1 aromatic rings. The first-order valence-electron chi connectivity index (χ1n) is 6.00. The normalized spacial score (nSPS) is 11.4. The highest BCUT2D eigenvalue weighted by molar-refractivity contribution is 5.71. The molecule has 20 heavy (non-hydrogen) atoms. The Morgan fingerprint density at radius 2 is 2.40 bits per heavy atom. The smallest absolute Gasteiger partial charge is 0.312 e. The number of nitriles is 1. The number of hydrogen-bond acceptors (Lipinski definition) is 6. The van der Waals surface area contributed by atoms with Gasteiger partial charge in [0.25, 0.3) is 0 Å². The lowest BCUT2D eigenvalue weighted by molar-refractivity contribution is -0.384. The Hall–Kier alpha value is -2.69. The van der Waals surface area contributed by atoms with Crippen LogP contribution < -0.4 is 5.32 Å². The second kappa shape index (κ2) is 7.04. The molecular weight excluding hydrogens is 264 g/mol. The van der Waals surface area contributed by atoms with Crippen molar-refractivity contribution < 1.29 is 14.8 Å². The lowest BCUT2D eigenvalue weighted by Crippen LogP contribution is -2.23. The van der Waals surface area contributed by atoms with Crippen molar-refractivity contribution in [1.82, 2.24) is 4.98 Å². The summed E-state index contributed by atoms with van der Waals surface area (Å²) in [5, 5.41) is 31.3. The van der Waals surface area contributed by atoms with E-state index in [1.165, 1.54) is 6.20 Å². The van der Waals surface area contributed by atoms with Crippen molar-refractivity contribution in [2.24, 2.45) is 5.92 Å². The van der Waals surface area contributed by atoms with E-state index in [0.717, 1.165) is 6.07 Å². The Balaban J connectivity index is 2.89. The molecular formula is C12H14N4O4. The van der Waals surface area contributed by atoms with Gasteiger partial charge in [0.1, 0.15) is 6.07 Å². The topological polar surface area (TPSA) is 129 Å². The fourth-order valence-electron chi connectivity index (χ4n) is 1.67. The Kier molecular flexibility index (Phi) is 5.41. The number of anilines is 1. The van der Waals surface area contributed by atoms with E-state index in [0.29, 0.717) is 12.8 Å². The van der Waals surface area contributed by atoms with Crippen LogP contribution in [0.25, 0.3) is 0 Å². The van der Waals surface area contributed by atoms with Crippen molar-refractivity contribution in [3.05, 3.63) is 27.9 Å². The number of aliphatic carboxylic acids is 1. The molecule has 0 saturated heterocycles. The molecule has 0 aliphatic heterocycles. The first-order chi connectivity index (χ1) is 9.49. The molecule has 8 nitrogen and oxygen atoms in total. The summed E-state index contributed by atoms with van der Waals surface area (Å²) >= 11 is 0. The lowest BCUT2D eigenvalue weighted by atomic mass is 10.0. The number of carbonyl (C=O) groups is 1. The van der Waals surface area contributed by atoms with Crippen molar-refractivity contribution >= 4 is 17.5 Å². The maximum atomic E-state index is 11.0. The van der Waals surface area contributed by atoms with Crippen LogP contribution in [0.3, 0.4) is 0 Å². The summed E-state index contributed by atoms with van der Waals surface area (Å²) in [5.74, 6) is -1.64. The van der Waals surface area contributed by atoms with Crippen molar-refractivity contribution in [3.63, 3.8) is 0 Å². The molecule has 8 heteroatoms. The minimum atomic E-state index is -0.962. The maximum absolute atomic E-state index is 11.0. The molecule has 2 N–H and O–H groups in total. The number of nitrogens with zero attached hydrogens (tertiary/aromatic N) is 3. The molecule has 1 heterocycles. The van der Waals surface area contributed by atoms with Gasteiger partial charge in [-0.2, -0.15) is 5.26 Å². The number of carboxylic acid groups (broad SMARTS) is 1. The number of nitrogens with one attached hydrogen (secondary N) is 1. The van der Waals surface area contributed by atoms with E-state index in [4.69, 9.17) is 10.4 Å². The molecule has 0 bridgehead atoms. The van der Waals surface area contributed by atoms with E-state index in [2.05, 4.69) is 10.3 Å². The van der Waals surface area contributed by atoms with Gasteiger partial charge >= 0.3 is 11.7 Å². The van der Waals surface area contributed by atoms with Crippen LogP contribution in [0, 0.1) is 27.4 Å². The van der Waals surface area contributed by atoms with Crippen LogP contribution >= 0.6 is 0 Å². The fraction of sp³-hybridized carbons (Fsp3) is 0.417. The van der Waals surface area contributed by atoms with Gasteiger partial charge in [-0.1, -0.05) is 13.3 Å². The third kappa shape index (κ3) is 3.91. The first kappa shape index (κ1) is 15.4.